The van der Waals surface area contributed by atoms with Gasteiger partial charge >= 0.3 is 0 Å². The zero-order valence-electron chi connectivity index (χ0n) is 13.3. The summed E-state index contributed by atoms with van der Waals surface area (Å²) >= 11 is 7.10. The van der Waals surface area contributed by atoms with Crippen LogP contribution in [0, 0.1) is 4.77 Å². The summed E-state index contributed by atoms with van der Waals surface area (Å²) in [5.41, 5.74) is 3.70. The van der Waals surface area contributed by atoms with Gasteiger partial charge in [0.2, 0.25) is 4.77 Å². The van der Waals surface area contributed by atoms with Crippen molar-refractivity contribution >= 4 is 23.6 Å². The Morgan fingerprint density at radius 2 is 2.00 bits per heavy atom. The molecular weight excluding hydrogens is 324 g/mol. The van der Waals surface area contributed by atoms with E-state index >= 15 is 0 Å². The fourth-order valence-electron chi connectivity index (χ4n) is 2.47. The van der Waals surface area contributed by atoms with Crippen molar-refractivity contribution in [1.82, 2.24) is 19.7 Å². The lowest BCUT2D eigenvalue weighted by atomic mass is 10.1. The monoisotopic (exact) mass is 344 g/mol. The van der Waals surface area contributed by atoms with Crippen molar-refractivity contribution in [2.24, 2.45) is 0 Å². The van der Waals surface area contributed by atoms with Gasteiger partial charge in [0.05, 0.1) is 6.67 Å². The third-order valence-electron chi connectivity index (χ3n) is 3.73. The van der Waals surface area contributed by atoms with Crippen molar-refractivity contribution < 1.29 is 0 Å². The molecule has 4 nitrogen and oxygen atoms in total. The normalized spacial score (nSPS) is 11.3. The molecule has 0 aliphatic carbocycles. The van der Waals surface area contributed by atoms with Crippen molar-refractivity contribution in [3.8, 4) is 11.4 Å². The van der Waals surface area contributed by atoms with Gasteiger partial charge in [0.25, 0.3) is 0 Å². The first-order valence-electron chi connectivity index (χ1n) is 7.61. The molecule has 3 rings (SSSR count). The highest BCUT2D eigenvalue weighted by molar-refractivity contribution is 7.71. The summed E-state index contributed by atoms with van der Waals surface area (Å²) in [6, 6.07) is 10.6. The summed E-state index contributed by atoms with van der Waals surface area (Å²) < 4.78 is 2.49. The molecule has 0 unspecified atom stereocenters. The van der Waals surface area contributed by atoms with Crippen molar-refractivity contribution in [1.29, 1.82) is 0 Å². The van der Waals surface area contributed by atoms with Crippen LogP contribution in [0.15, 0.2) is 41.1 Å². The van der Waals surface area contributed by atoms with E-state index in [4.69, 9.17) is 12.2 Å². The number of thiophene rings is 1. The van der Waals surface area contributed by atoms with E-state index in [-0.39, 0.29) is 0 Å². The van der Waals surface area contributed by atoms with Gasteiger partial charge < -0.3 is 0 Å². The molecule has 0 aliphatic heterocycles. The summed E-state index contributed by atoms with van der Waals surface area (Å²) in [6.07, 6.45) is 1.04. The van der Waals surface area contributed by atoms with Crippen LogP contribution in [0.1, 0.15) is 18.1 Å². The van der Waals surface area contributed by atoms with E-state index in [0.717, 1.165) is 24.4 Å². The third kappa shape index (κ3) is 3.96. The van der Waals surface area contributed by atoms with Crippen LogP contribution in [0.3, 0.4) is 0 Å². The molecule has 2 heterocycles. The van der Waals surface area contributed by atoms with Crippen LogP contribution in [0.4, 0.5) is 0 Å². The largest absolute Gasteiger partial charge is 0.283 e. The molecule has 3 aromatic rings. The number of hydrogen-bond acceptors (Lipinski definition) is 4. The van der Waals surface area contributed by atoms with E-state index in [1.807, 2.05) is 4.68 Å². The van der Waals surface area contributed by atoms with E-state index in [1.165, 1.54) is 11.1 Å². The minimum atomic E-state index is 0.580. The van der Waals surface area contributed by atoms with Crippen molar-refractivity contribution in [3.05, 3.63) is 57.0 Å². The van der Waals surface area contributed by atoms with Crippen LogP contribution in [-0.4, -0.2) is 26.7 Å². The zero-order chi connectivity index (χ0) is 16.2. The molecule has 1 aromatic carbocycles. The summed E-state index contributed by atoms with van der Waals surface area (Å²) in [5.74, 6) is 0.821. The first-order chi connectivity index (χ1) is 11.2. The highest BCUT2D eigenvalue weighted by Crippen LogP contribution is 2.16. The molecule has 0 fully saturated rings. The first-order valence-corrected chi connectivity index (χ1v) is 8.96. The van der Waals surface area contributed by atoms with Gasteiger partial charge in [-0.3, -0.25) is 10.00 Å². The molecule has 0 amide bonds. The lowest BCUT2D eigenvalue weighted by Gasteiger charge is -2.15. The second-order valence-corrected chi connectivity index (χ2v) is 6.77. The molecule has 6 heteroatoms. The summed E-state index contributed by atoms with van der Waals surface area (Å²) in [5, 5.41) is 7.58. The highest BCUT2D eigenvalue weighted by atomic mass is 32.1. The Kier molecular flexibility index (Phi) is 5.05. The highest BCUT2D eigenvalue weighted by Gasteiger charge is 2.08. The Hall–Kier alpha value is -1.76. The smallest absolute Gasteiger partial charge is 0.217 e. The molecule has 0 radical (unpaired) electrons. The van der Waals surface area contributed by atoms with Gasteiger partial charge in [-0.1, -0.05) is 31.2 Å². The van der Waals surface area contributed by atoms with E-state index in [2.05, 4.69) is 70.0 Å². The Bertz CT molecular complexity index is 800. The maximum absolute atomic E-state index is 5.38. The second-order valence-electron chi connectivity index (χ2n) is 5.62. The van der Waals surface area contributed by atoms with E-state index in [1.54, 1.807) is 11.3 Å². The maximum Gasteiger partial charge on any atom is 0.217 e. The lowest BCUT2D eigenvalue weighted by molar-refractivity contribution is 0.245. The predicted molar refractivity (Wildman–Crippen MR) is 98.0 cm³/mol. The van der Waals surface area contributed by atoms with Gasteiger partial charge in [-0.2, -0.15) is 16.3 Å². The average Bonchev–Trinajstić information content (AvgIpc) is 3.18. The molecule has 0 atom stereocenters. The first kappa shape index (κ1) is 16.1. The van der Waals surface area contributed by atoms with Crippen LogP contribution < -0.4 is 0 Å². The van der Waals surface area contributed by atoms with Gasteiger partial charge in [-0.25, -0.2) is 4.68 Å². The number of nitrogens with one attached hydrogen (secondary N) is 1. The molecule has 0 aliphatic rings. The number of benzene rings is 1. The molecule has 0 spiro atoms. The lowest BCUT2D eigenvalue weighted by Crippen LogP contribution is -2.22. The van der Waals surface area contributed by atoms with Crippen molar-refractivity contribution in [3.63, 3.8) is 0 Å². The van der Waals surface area contributed by atoms with Gasteiger partial charge in [0.1, 0.15) is 0 Å². The van der Waals surface area contributed by atoms with Crippen molar-refractivity contribution in [2.75, 3.05) is 7.05 Å². The Balaban J connectivity index is 1.73. The molecule has 0 saturated heterocycles. The maximum atomic E-state index is 5.38. The molecule has 2 aromatic heterocycles. The van der Waals surface area contributed by atoms with Crippen LogP contribution in [0.5, 0.6) is 0 Å². The SMILES string of the molecule is CCc1ccc(-c2nc(=S)n(CN(C)Cc3ccsc3)[nH]2)cc1. The van der Waals surface area contributed by atoms with Crippen molar-refractivity contribution in [2.45, 2.75) is 26.6 Å². The number of aromatic amines is 1. The summed E-state index contributed by atoms with van der Waals surface area (Å²) in [4.78, 5) is 6.69. The van der Waals surface area contributed by atoms with E-state index in [0.29, 0.717) is 11.4 Å². The fraction of sp³-hybridized carbons (Fsp3) is 0.294. The number of hydrogen-bond donors (Lipinski definition) is 1. The van der Waals surface area contributed by atoms with Gasteiger partial charge in [0, 0.05) is 12.1 Å². The Labute approximate surface area is 145 Å². The third-order valence-corrected chi connectivity index (χ3v) is 4.77. The Morgan fingerprint density at radius 3 is 2.65 bits per heavy atom. The fourth-order valence-corrected chi connectivity index (χ4v) is 3.32. The standard InChI is InChI=1S/C17H20N4S2/c1-3-13-4-6-15(7-5-13)16-18-17(22)21(19-16)12-20(2)10-14-8-9-23-11-14/h4-9,11H,3,10,12H2,1-2H3,(H,18,19,22). The number of nitrogens with zero attached hydrogens (tertiary/aromatic N) is 3. The Morgan fingerprint density at radius 1 is 1.22 bits per heavy atom. The topological polar surface area (TPSA) is 36.9 Å². The summed E-state index contributed by atoms with van der Waals surface area (Å²) in [6.45, 7) is 3.74. The van der Waals surface area contributed by atoms with Crippen LogP contribution >= 0.6 is 23.6 Å². The number of aromatic nitrogens is 3. The number of H-pyrrole nitrogens is 1. The van der Waals surface area contributed by atoms with Crippen LogP contribution in [0.25, 0.3) is 11.4 Å². The number of rotatable bonds is 6. The van der Waals surface area contributed by atoms with Gasteiger partial charge in [-0.05, 0) is 53.6 Å². The molecule has 0 bridgehead atoms. The molecule has 23 heavy (non-hydrogen) atoms. The molecule has 0 saturated carbocycles. The van der Waals surface area contributed by atoms with E-state index in [9.17, 15) is 0 Å². The van der Waals surface area contributed by atoms with E-state index < -0.39 is 0 Å². The van der Waals surface area contributed by atoms with Crippen LogP contribution in [-0.2, 0) is 19.6 Å². The molecule has 1 N–H and O–H groups in total. The average molecular weight is 345 g/mol. The molecule has 120 valence electrons. The minimum Gasteiger partial charge on any atom is -0.283 e. The minimum absolute atomic E-state index is 0.580. The second kappa shape index (κ2) is 7.21. The van der Waals surface area contributed by atoms with Gasteiger partial charge in [0.15, 0.2) is 5.82 Å². The quantitative estimate of drug-likeness (QED) is 0.677. The zero-order valence-corrected chi connectivity index (χ0v) is 15.0. The van der Waals surface area contributed by atoms with Crippen LogP contribution in [0.2, 0.25) is 0 Å². The molecular formula is C17H20N4S2. The van der Waals surface area contributed by atoms with Gasteiger partial charge in [-0.15, -0.1) is 0 Å². The number of aryl methyl sites for hydroxylation is 1. The summed E-state index contributed by atoms with van der Waals surface area (Å²) in [7, 11) is 2.08. The predicted octanol–water partition coefficient (Wildman–Crippen LogP) is 4.32.